The van der Waals surface area contributed by atoms with Gasteiger partial charge in [0.2, 0.25) is 0 Å². The number of carboxylic acid groups (broad SMARTS) is 1. The molecule has 0 fully saturated rings. The fourth-order valence-corrected chi connectivity index (χ4v) is 4.20. The molecule has 8 heteroatoms. The lowest BCUT2D eigenvalue weighted by atomic mass is 9.98. The van der Waals surface area contributed by atoms with Gasteiger partial charge in [0.25, 0.3) is 5.91 Å². The summed E-state index contributed by atoms with van der Waals surface area (Å²) in [5.41, 5.74) is 5.44. The summed E-state index contributed by atoms with van der Waals surface area (Å²) in [6, 6.07) is 22.6. The minimum Gasteiger partial charge on any atom is -0.481 e. The predicted octanol–water partition coefficient (Wildman–Crippen LogP) is 4.27. The average Bonchev–Trinajstić information content (AvgIpc) is 3.19. The quantitative estimate of drug-likeness (QED) is 0.427. The topological polar surface area (TPSA) is 114 Å². The molecule has 3 N–H and O–H groups in total. The smallest absolute Gasteiger partial charge is 0.411 e. The predicted molar refractivity (Wildman–Crippen MR) is 131 cm³/mol. The van der Waals surface area contributed by atoms with Crippen LogP contribution in [0.1, 0.15) is 33.8 Å². The van der Waals surface area contributed by atoms with E-state index in [0.29, 0.717) is 11.3 Å². The molecule has 1 aliphatic rings. The maximum atomic E-state index is 12.4. The minimum absolute atomic E-state index is 0.0312. The second-order valence-electron chi connectivity index (χ2n) is 8.19. The number of hydrogen-bond donors (Lipinski definition) is 3. The fourth-order valence-electron chi connectivity index (χ4n) is 4.20. The zero-order valence-electron chi connectivity index (χ0n) is 19.2. The summed E-state index contributed by atoms with van der Waals surface area (Å²) in [6.45, 7) is 0.277. The number of carbonyl (C=O) groups is 3. The average molecular weight is 475 g/mol. The monoisotopic (exact) mass is 474 g/mol. The van der Waals surface area contributed by atoms with Crippen LogP contribution < -0.4 is 10.6 Å². The summed E-state index contributed by atoms with van der Waals surface area (Å²) in [4.78, 5) is 35.5. The number of rotatable bonds is 9. The van der Waals surface area contributed by atoms with Crippen molar-refractivity contribution in [3.05, 3.63) is 89.5 Å². The van der Waals surface area contributed by atoms with Gasteiger partial charge in [0.05, 0.1) is 12.5 Å². The number of benzene rings is 3. The second-order valence-corrected chi connectivity index (χ2v) is 8.19. The number of nitrogens with one attached hydrogen (secondary N) is 2. The highest BCUT2D eigenvalue weighted by molar-refractivity contribution is 5.95. The van der Waals surface area contributed by atoms with Crippen molar-refractivity contribution >= 4 is 23.7 Å². The molecule has 3 aromatic rings. The molecule has 0 saturated heterocycles. The molecule has 4 rings (SSSR count). The standard InChI is InChI=1S/C27H26N2O6/c1-34-19(14-25(30)31)15-28-26(32)17-10-12-18(13-11-17)29-27(33)35-16-24-22-8-4-2-6-20(22)21-7-3-5-9-23(21)24/h2-13,19,24H,14-16H2,1H3,(H,28,32)(H,29,33)(H,30,31). The lowest BCUT2D eigenvalue weighted by Gasteiger charge is -2.15. The van der Waals surface area contributed by atoms with Crippen LogP contribution >= 0.6 is 0 Å². The first-order valence-corrected chi connectivity index (χ1v) is 11.2. The zero-order chi connectivity index (χ0) is 24.8. The molecule has 0 bridgehead atoms. The zero-order valence-corrected chi connectivity index (χ0v) is 19.2. The van der Waals surface area contributed by atoms with E-state index in [1.165, 1.54) is 7.11 Å². The fraction of sp³-hybridized carbons (Fsp3) is 0.222. The van der Waals surface area contributed by atoms with Gasteiger partial charge in [0.15, 0.2) is 0 Å². The van der Waals surface area contributed by atoms with Crippen molar-refractivity contribution in [2.45, 2.75) is 18.4 Å². The molecule has 180 valence electrons. The van der Waals surface area contributed by atoms with E-state index in [-0.39, 0.29) is 31.4 Å². The third-order valence-corrected chi connectivity index (χ3v) is 5.96. The molecule has 0 radical (unpaired) electrons. The Hall–Kier alpha value is -4.17. The van der Waals surface area contributed by atoms with E-state index in [0.717, 1.165) is 22.3 Å². The highest BCUT2D eigenvalue weighted by Crippen LogP contribution is 2.44. The molecule has 2 amide bonds. The van der Waals surface area contributed by atoms with Gasteiger partial charge in [-0.2, -0.15) is 0 Å². The SMILES string of the molecule is COC(CNC(=O)c1ccc(NC(=O)OCC2c3ccccc3-c3ccccc32)cc1)CC(=O)O. The van der Waals surface area contributed by atoms with Gasteiger partial charge in [-0.3, -0.25) is 14.9 Å². The summed E-state index contributed by atoms with van der Waals surface area (Å²) < 4.78 is 10.6. The maximum absolute atomic E-state index is 12.4. The first-order chi connectivity index (χ1) is 17.0. The largest absolute Gasteiger partial charge is 0.481 e. The first kappa shape index (κ1) is 24.0. The molecule has 1 aliphatic carbocycles. The Balaban J connectivity index is 1.31. The molecule has 8 nitrogen and oxygen atoms in total. The van der Waals surface area contributed by atoms with Gasteiger partial charge in [-0.15, -0.1) is 0 Å². The number of carbonyl (C=O) groups excluding carboxylic acids is 2. The van der Waals surface area contributed by atoms with Crippen LogP contribution in [0.4, 0.5) is 10.5 Å². The molecule has 0 aromatic heterocycles. The van der Waals surface area contributed by atoms with Gasteiger partial charge >= 0.3 is 12.1 Å². The van der Waals surface area contributed by atoms with Crippen molar-refractivity contribution in [2.75, 3.05) is 25.6 Å². The summed E-state index contributed by atoms with van der Waals surface area (Å²) in [6.07, 6.45) is -1.41. The van der Waals surface area contributed by atoms with Crippen molar-refractivity contribution in [3.8, 4) is 11.1 Å². The van der Waals surface area contributed by atoms with E-state index in [9.17, 15) is 14.4 Å². The number of amides is 2. The Kier molecular flexibility index (Phi) is 7.42. The number of fused-ring (bicyclic) bond motifs is 3. The highest BCUT2D eigenvalue weighted by atomic mass is 16.5. The third kappa shape index (κ3) is 5.67. The molecular weight excluding hydrogens is 448 g/mol. The van der Waals surface area contributed by atoms with E-state index in [2.05, 4.69) is 34.9 Å². The Bertz CT molecular complexity index is 1180. The third-order valence-electron chi connectivity index (χ3n) is 5.96. The molecule has 0 aliphatic heterocycles. The molecule has 0 saturated carbocycles. The molecule has 1 atom stereocenters. The number of anilines is 1. The Labute approximate surface area is 202 Å². The van der Waals surface area contributed by atoms with E-state index in [1.807, 2.05) is 24.3 Å². The first-order valence-electron chi connectivity index (χ1n) is 11.2. The van der Waals surface area contributed by atoms with Gasteiger partial charge < -0.3 is 19.9 Å². The number of ether oxygens (including phenoxy) is 2. The van der Waals surface area contributed by atoms with Crippen molar-refractivity contribution in [2.24, 2.45) is 0 Å². The van der Waals surface area contributed by atoms with Gasteiger partial charge in [0.1, 0.15) is 6.61 Å². The van der Waals surface area contributed by atoms with Crippen molar-refractivity contribution in [3.63, 3.8) is 0 Å². The van der Waals surface area contributed by atoms with E-state index in [1.54, 1.807) is 24.3 Å². The van der Waals surface area contributed by atoms with Crippen LogP contribution in [0.15, 0.2) is 72.8 Å². The summed E-state index contributed by atoms with van der Waals surface area (Å²) >= 11 is 0. The molecule has 0 heterocycles. The Morgan fingerprint density at radius 3 is 2.09 bits per heavy atom. The number of carboxylic acids is 1. The van der Waals surface area contributed by atoms with Crippen molar-refractivity contribution in [1.29, 1.82) is 0 Å². The number of methoxy groups -OCH3 is 1. The lowest BCUT2D eigenvalue weighted by molar-refractivity contribution is -0.139. The Morgan fingerprint density at radius 1 is 0.914 bits per heavy atom. The molecule has 3 aromatic carbocycles. The molecule has 1 unspecified atom stereocenters. The number of aliphatic carboxylic acids is 1. The highest BCUT2D eigenvalue weighted by Gasteiger charge is 2.29. The van der Waals surface area contributed by atoms with Crippen LogP contribution in [0.5, 0.6) is 0 Å². The van der Waals surface area contributed by atoms with Crippen LogP contribution in [0.25, 0.3) is 11.1 Å². The summed E-state index contributed by atoms with van der Waals surface area (Å²) in [5.74, 6) is -1.41. The normalized spacial score (nSPS) is 12.8. The van der Waals surface area contributed by atoms with E-state index >= 15 is 0 Å². The lowest BCUT2D eigenvalue weighted by Crippen LogP contribution is -2.34. The summed E-state index contributed by atoms with van der Waals surface area (Å²) in [7, 11) is 1.39. The van der Waals surface area contributed by atoms with Crippen LogP contribution in [0.2, 0.25) is 0 Å². The van der Waals surface area contributed by atoms with Crippen LogP contribution in [0.3, 0.4) is 0 Å². The van der Waals surface area contributed by atoms with Crippen molar-refractivity contribution < 1.29 is 29.0 Å². The Morgan fingerprint density at radius 2 is 1.51 bits per heavy atom. The van der Waals surface area contributed by atoms with E-state index < -0.39 is 18.2 Å². The summed E-state index contributed by atoms with van der Waals surface area (Å²) in [5, 5.41) is 14.2. The maximum Gasteiger partial charge on any atom is 0.411 e. The van der Waals surface area contributed by atoms with Gasteiger partial charge in [-0.05, 0) is 46.5 Å². The van der Waals surface area contributed by atoms with Crippen LogP contribution in [-0.2, 0) is 14.3 Å². The number of hydrogen-bond acceptors (Lipinski definition) is 5. The van der Waals surface area contributed by atoms with E-state index in [4.69, 9.17) is 14.6 Å². The van der Waals surface area contributed by atoms with Gasteiger partial charge in [-0.1, -0.05) is 48.5 Å². The second kappa shape index (κ2) is 10.8. The minimum atomic E-state index is -1.00. The van der Waals surface area contributed by atoms with Crippen LogP contribution in [-0.4, -0.2) is 49.4 Å². The van der Waals surface area contributed by atoms with Crippen molar-refractivity contribution in [1.82, 2.24) is 5.32 Å². The molecular formula is C27H26N2O6. The molecule has 0 spiro atoms. The van der Waals surface area contributed by atoms with Crippen LogP contribution in [0, 0.1) is 0 Å². The van der Waals surface area contributed by atoms with Gasteiger partial charge in [-0.25, -0.2) is 4.79 Å². The molecule has 35 heavy (non-hydrogen) atoms. The van der Waals surface area contributed by atoms with Gasteiger partial charge in [0, 0.05) is 30.8 Å².